The second-order valence-corrected chi connectivity index (χ2v) is 14.3. The molecule has 1 N–H and O–H groups in total. The first-order chi connectivity index (χ1) is 18.4. The lowest BCUT2D eigenvalue weighted by Crippen LogP contribution is -2.51. The maximum Gasteiger partial charge on any atom is 0.408 e. The number of carbonyl (C=O) groups excluding carboxylic acids is 2. The minimum atomic E-state index is -4.13. The predicted octanol–water partition coefficient (Wildman–Crippen LogP) is 5.55. The molecule has 0 unspecified atom stereocenters. The first-order valence-electron chi connectivity index (χ1n) is 12.4. The van der Waals surface area contributed by atoms with Gasteiger partial charge in [0.25, 0.3) is 5.91 Å². The summed E-state index contributed by atoms with van der Waals surface area (Å²) in [6.07, 6.45) is -0.919. The number of alkyl carbamates (subject to hydrolysis) is 1. The number of carbonyl (C=O) groups is 2. The average Bonchev–Trinajstić information content (AvgIpc) is 3.30. The molecule has 0 bridgehead atoms. The Morgan fingerprint density at radius 2 is 1.75 bits per heavy atom. The predicted molar refractivity (Wildman–Crippen MR) is 151 cm³/mol. The fraction of sp³-hybridized carbons (Fsp3) is 0.407. The minimum absolute atomic E-state index is 0.0246. The van der Waals surface area contributed by atoms with Crippen molar-refractivity contribution in [1.29, 1.82) is 0 Å². The first kappa shape index (κ1) is 29.8. The van der Waals surface area contributed by atoms with Gasteiger partial charge in [-0.25, -0.2) is 13.2 Å². The fourth-order valence-corrected chi connectivity index (χ4v) is 6.04. The van der Waals surface area contributed by atoms with Crippen LogP contribution in [0, 0.1) is 0 Å². The Kier molecular flexibility index (Phi) is 7.96. The molecule has 1 aliphatic rings. The van der Waals surface area contributed by atoms with Crippen LogP contribution < -0.4 is 10.2 Å². The minimum Gasteiger partial charge on any atom is -0.444 e. The second kappa shape index (κ2) is 10.7. The van der Waals surface area contributed by atoms with Gasteiger partial charge in [0.05, 0.1) is 33.5 Å². The number of aromatic nitrogens is 2. The molecule has 2 heterocycles. The maximum atomic E-state index is 13.9. The molecule has 0 saturated carbocycles. The Labute approximate surface area is 242 Å². The molecule has 1 aromatic heterocycles. The highest BCUT2D eigenvalue weighted by atomic mass is 35.5. The largest absolute Gasteiger partial charge is 0.444 e. The maximum absolute atomic E-state index is 13.9. The van der Waals surface area contributed by atoms with Crippen LogP contribution >= 0.6 is 23.2 Å². The van der Waals surface area contributed by atoms with Gasteiger partial charge < -0.3 is 19.4 Å². The number of fused-ring (bicyclic) bond motifs is 1. The van der Waals surface area contributed by atoms with E-state index in [1.165, 1.54) is 17.0 Å². The van der Waals surface area contributed by atoms with E-state index >= 15 is 0 Å². The molecule has 2 aromatic carbocycles. The molecule has 0 fully saturated rings. The number of nitrogens with one attached hydrogen (secondary N) is 1. The third-order valence-corrected chi connectivity index (χ3v) is 8.20. The normalized spacial score (nSPS) is 17.2. The molecule has 4 rings (SSSR count). The molecule has 1 aliphatic heterocycles. The first-order valence-corrected chi connectivity index (χ1v) is 14.8. The summed E-state index contributed by atoms with van der Waals surface area (Å²) in [5, 5.41) is 11.2. The molecule has 0 saturated heterocycles. The Morgan fingerprint density at radius 3 is 2.33 bits per heavy atom. The molecule has 1 atom stereocenters. The van der Waals surface area contributed by atoms with Crippen LogP contribution in [0.25, 0.3) is 11.5 Å². The lowest BCUT2D eigenvalue weighted by molar-refractivity contribution is -0.120. The summed E-state index contributed by atoms with van der Waals surface area (Å²) >= 11 is 12.6. The van der Waals surface area contributed by atoms with Crippen LogP contribution in [0.1, 0.15) is 53.0 Å². The van der Waals surface area contributed by atoms with E-state index in [1.54, 1.807) is 45.0 Å². The Balaban J connectivity index is 1.85. The van der Waals surface area contributed by atoms with Crippen molar-refractivity contribution in [2.75, 3.05) is 10.7 Å². The van der Waals surface area contributed by atoms with Crippen molar-refractivity contribution in [3.63, 3.8) is 0 Å². The molecule has 0 aliphatic carbocycles. The van der Waals surface area contributed by atoms with E-state index < -0.39 is 44.6 Å². The summed E-state index contributed by atoms with van der Waals surface area (Å²) in [5.41, 5.74) is -0.317. The highest BCUT2D eigenvalue weighted by Gasteiger charge is 2.40. The van der Waals surface area contributed by atoms with Crippen LogP contribution in [-0.4, -0.2) is 48.0 Å². The zero-order valence-corrected chi connectivity index (χ0v) is 25.2. The molecular weight excluding hydrogens is 579 g/mol. The summed E-state index contributed by atoms with van der Waals surface area (Å²) in [7, 11) is -4.13. The molecule has 0 radical (unpaired) electrons. The molecule has 2 amide bonds. The van der Waals surface area contributed by atoms with Crippen molar-refractivity contribution in [2.45, 2.75) is 70.0 Å². The highest BCUT2D eigenvalue weighted by Crippen LogP contribution is 2.40. The van der Waals surface area contributed by atoms with Gasteiger partial charge in [-0.1, -0.05) is 56.1 Å². The zero-order chi connectivity index (χ0) is 29.6. The monoisotopic (exact) mass is 608 g/mol. The molecule has 0 spiro atoms. The molecule has 13 heteroatoms. The van der Waals surface area contributed by atoms with E-state index in [-0.39, 0.29) is 33.6 Å². The van der Waals surface area contributed by atoms with Crippen molar-refractivity contribution in [1.82, 2.24) is 15.5 Å². The lowest BCUT2D eigenvalue weighted by Gasteiger charge is -2.27. The number of amides is 2. The lowest BCUT2D eigenvalue weighted by atomic mass is 9.97. The van der Waals surface area contributed by atoms with Crippen LogP contribution in [0.2, 0.25) is 10.0 Å². The number of ether oxygens (including phenoxy) is 1. The summed E-state index contributed by atoms with van der Waals surface area (Å²) in [4.78, 5) is 27.6. The zero-order valence-electron chi connectivity index (χ0n) is 22.9. The smallest absolute Gasteiger partial charge is 0.408 e. The summed E-state index contributed by atoms with van der Waals surface area (Å²) in [6, 6.07) is 8.03. The number of nitrogens with zero attached hydrogens (tertiary/aromatic N) is 3. The van der Waals surface area contributed by atoms with Crippen LogP contribution in [-0.2, 0) is 31.3 Å². The van der Waals surface area contributed by atoms with Crippen LogP contribution in [0.3, 0.4) is 0 Å². The second-order valence-electron chi connectivity index (χ2n) is 11.5. The Hall–Kier alpha value is -3.15. The third-order valence-electron chi connectivity index (χ3n) is 5.87. The number of benzene rings is 2. The number of halogens is 2. The highest BCUT2D eigenvalue weighted by molar-refractivity contribution is 7.91. The van der Waals surface area contributed by atoms with Crippen LogP contribution in [0.5, 0.6) is 0 Å². The van der Waals surface area contributed by atoms with Gasteiger partial charge in [-0.05, 0) is 50.6 Å². The van der Waals surface area contributed by atoms with Crippen molar-refractivity contribution in [3.05, 3.63) is 57.9 Å². The number of sulfone groups is 1. The summed E-state index contributed by atoms with van der Waals surface area (Å²) in [5.74, 6) is -0.921. The topological polar surface area (TPSA) is 132 Å². The number of anilines is 1. The number of hydrogen-bond donors (Lipinski definition) is 1. The van der Waals surface area contributed by atoms with E-state index in [2.05, 4.69) is 15.5 Å². The third kappa shape index (κ3) is 6.59. The molecule has 40 heavy (non-hydrogen) atoms. The van der Waals surface area contributed by atoms with E-state index in [1.807, 2.05) is 20.8 Å². The van der Waals surface area contributed by atoms with Gasteiger partial charge in [0.1, 0.15) is 11.6 Å². The summed E-state index contributed by atoms with van der Waals surface area (Å²) < 4.78 is 38.3. The number of rotatable bonds is 4. The Bertz CT molecular complexity index is 1560. The molecule has 10 nitrogen and oxygen atoms in total. The van der Waals surface area contributed by atoms with Crippen molar-refractivity contribution in [3.8, 4) is 11.5 Å². The SMILES string of the molecule is CC(C)(C)OC(=O)N[C@H]1CS(=O)(=O)c2cc(Cl)c(-c3nnc(C(C)(C)C)o3)cc2N(Cc2ccc(Cl)cc2)C1=O. The molecule has 214 valence electrons. The van der Waals surface area contributed by atoms with E-state index in [4.69, 9.17) is 32.4 Å². The summed E-state index contributed by atoms with van der Waals surface area (Å²) in [6.45, 7) is 10.7. The Morgan fingerprint density at radius 1 is 1.10 bits per heavy atom. The van der Waals surface area contributed by atoms with E-state index in [0.717, 1.165) is 0 Å². The van der Waals surface area contributed by atoms with Gasteiger partial charge in [-0.2, -0.15) is 0 Å². The molecular formula is C27H30Cl2N4O6S. The van der Waals surface area contributed by atoms with E-state index in [9.17, 15) is 18.0 Å². The van der Waals surface area contributed by atoms with Gasteiger partial charge in [0, 0.05) is 10.4 Å². The van der Waals surface area contributed by atoms with Gasteiger partial charge in [0.15, 0.2) is 9.84 Å². The quantitative estimate of drug-likeness (QED) is 0.407. The molecule has 3 aromatic rings. The van der Waals surface area contributed by atoms with Gasteiger partial charge in [-0.15, -0.1) is 10.2 Å². The van der Waals surface area contributed by atoms with Crippen LogP contribution in [0.15, 0.2) is 45.7 Å². The van der Waals surface area contributed by atoms with Crippen molar-refractivity contribution < 1.29 is 27.2 Å². The van der Waals surface area contributed by atoms with Gasteiger partial charge in [0.2, 0.25) is 11.8 Å². The standard InChI is InChI=1S/C27H30Cl2N4O6S/c1-26(2,3)24-32-31-22(38-24)17-11-20-21(12-18(17)29)40(36,37)14-19(30-25(35)39-27(4,5)6)23(34)33(20)13-15-7-9-16(28)10-8-15/h7-12,19H,13-14H2,1-6H3,(H,30,35)/t19-/m0/s1. The average molecular weight is 610 g/mol. The van der Waals surface area contributed by atoms with Crippen molar-refractivity contribution in [2.24, 2.45) is 0 Å². The van der Waals surface area contributed by atoms with Gasteiger partial charge in [-0.3, -0.25) is 4.79 Å². The van der Waals surface area contributed by atoms with Gasteiger partial charge >= 0.3 is 6.09 Å². The van der Waals surface area contributed by atoms with Crippen molar-refractivity contribution >= 4 is 50.7 Å². The van der Waals surface area contributed by atoms with E-state index in [0.29, 0.717) is 16.5 Å². The number of hydrogen-bond acceptors (Lipinski definition) is 8. The van der Waals surface area contributed by atoms with Crippen LogP contribution in [0.4, 0.5) is 10.5 Å². The fourth-order valence-electron chi connectivity index (χ4n) is 3.98.